The predicted octanol–water partition coefficient (Wildman–Crippen LogP) is 2.19. The van der Waals surface area contributed by atoms with E-state index in [9.17, 15) is 4.79 Å². The molecule has 0 bridgehead atoms. The van der Waals surface area contributed by atoms with Crippen LogP contribution in [0.5, 0.6) is 0 Å². The highest BCUT2D eigenvalue weighted by atomic mass is 79.9. The first-order valence-electron chi connectivity index (χ1n) is 5.42. The quantitative estimate of drug-likeness (QED) is 0.763. The molecule has 0 atom stereocenters. The fourth-order valence-electron chi connectivity index (χ4n) is 1.60. The van der Waals surface area contributed by atoms with Crippen molar-refractivity contribution in [2.24, 2.45) is 0 Å². The molecule has 7 nitrogen and oxygen atoms in total. The lowest BCUT2D eigenvalue weighted by atomic mass is 10.4. The van der Waals surface area contributed by atoms with E-state index in [0.717, 1.165) is 0 Å². The summed E-state index contributed by atoms with van der Waals surface area (Å²) in [4.78, 5) is 24.0. The zero-order valence-electron chi connectivity index (χ0n) is 9.79. The molecule has 3 aromatic rings. The van der Waals surface area contributed by atoms with Gasteiger partial charge in [-0.25, -0.2) is 19.5 Å². The van der Waals surface area contributed by atoms with E-state index in [1.165, 1.54) is 23.2 Å². The van der Waals surface area contributed by atoms with Crippen molar-refractivity contribution in [3.05, 3.63) is 46.2 Å². The van der Waals surface area contributed by atoms with Crippen LogP contribution in [-0.4, -0.2) is 30.5 Å². The van der Waals surface area contributed by atoms with Gasteiger partial charge in [0.15, 0.2) is 16.5 Å². The number of aromatic nitrogens is 5. The number of hydrogen-bond donors (Lipinski definition) is 1. The number of hydrogen-bond acceptors (Lipinski definition) is 5. The second-order valence-electron chi connectivity index (χ2n) is 3.74. The number of carbonyl (C=O) groups excluding carboxylic acids is 1. The lowest BCUT2D eigenvalue weighted by Crippen LogP contribution is -2.16. The summed E-state index contributed by atoms with van der Waals surface area (Å²) < 4.78 is 2.02. The highest BCUT2D eigenvalue weighted by Gasteiger charge is 2.16. The Morgan fingerprint density at radius 1 is 1.40 bits per heavy atom. The maximum absolute atomic E-state index is 12.2. The van der Waals surface area contributed by atoms with Gasteiger partial charge in [0.25, 0.3) is 5.91 Å². The van der Waals surface area contributed by atoms with Crippen molar-refractivity contribution in [3.63, 3.8) is 0 Å². The van der Waals surface area contributed by atoms with E-state index in [2.05, 4.69) is 41.3 Å². The van der Waals surface area contributed by atoms with Gasteiger partial charge in [0.05, 0.1) is 10.7 Å². The zero-order valence-corrected chi connectivity index (χ0v) is 12.1. The molecule has 1 N–H and O–H groups in total. The van der Waals surface area contributed by atoms with E-state index in [-0.39, 0.29) is 10.8 Å². The Morgan fingerprint density at radius 2 is 2.25 bits per heavy atom. The summed E-state index contributed by atoms with van der Waals surface area (Å²) in [6, 6.07) is 3.19. The first-order chi connectivity index (χ1) is 9.65. The molecule has 20 heavy (non-hydrogen) atoms. The Balaban J connectivity index is 2.00. The lowest BCUT2D eigenvalue weighted by molar-refractivity contribution is 0.102. The van der Waals surface area contributed by atoms with Gasteiger partial charge < -0.3 is 5.32 Å². The van der Waals surface area contributed by atoms with Gasteiger partial charge in [-0.2, -0.15) is 5.10 Å². The minimum Gasteiger partial charge on any atom is -0.305 e. The van der Waals surface area contributed by atoms with E-state index < -0.39 is 5.91 Å². The molecule has 0 aromatic carbocycles. The van der Waals surface area contributed by atoms with Crippen molar-refractivity contribution >= 4 is 44.9 Å². The molecule has 0 aliphatic rings. The second kappa shape index (κ2) is 5.14. The summed E-state index contributed by atoms with van der Waals surface area (Å²) >= 11 is 9.19. The number of carbonyl (C=O) groups is 1. The second-order valence-corrected chi connectivity index (χ2v) is 4.98. The minimum atomic E-state index is -0.391. The molecular formula is C11H6BrClN6O. The molecule has 1 amide bonds. The Morgan fingerprint density at radius 3 is 3.00 bits per heavy atom. The molecule has 3 aromatic heterocycles. The maximum atomic E-state index is 12.2. The molecule has 3 rings (SSSR count). The number of amides is 1. The summed E-state index contributed by atoms with van der Waals surface area (Å²) in [6.45, 7) is 0. The van der Waals surface area contributed by atoms with Crippen LogP contribution in [0.15, 0.2) is 35.3 Å². The van der Waals surface area contributed by atoms with Crippen molar-refractivity contribution in [1.82, 2.24) is 24.6 Å². The number of fused-ring (bicyclic) bond motifs is 1. The molecular weight excluding hydrogens is 348 g/mol. The highest BCUT2D eigenvalue weighted by Crippen LogP contribution is 2.20. The molecule has 0 spiro atoms. The van der Waals surface area contributed by atoms with Crippen LogP contribution in [0, 0.1) is 0 Å². The third-order valence-corrected chi connectivity index (χ3v) is 3.22. The van der Waals surface area contributed by atoms with Gasteiger partial charge in [-0.15, -0.1) is 0 Å². The average Bonchev–Trinajstić information content (AvgIpc) is 2.84. The Kier molecular flexibility index (Phi) is 3.33. The topological polar surface area (TPSA) is 85.1 Å². The van der Waals surface area contributed by atoms with E-state index in [4.69, 9.17) is 11.6 Å². The maximum Gasteiger partial charge on any atom is 0.277 e. The fourth-order valence-corrected chi connectivity index (χ4v) is 2.41. The molecule has 3 heterocycles. The molecule has 0 unspecified atom stereocenters. The summed E-state index contributed by atoms with van der Waals surface area (Å²) in [5.74, 6) is -0.00101. The Bertz CT molecular complexity index is 790. The summed E-state index contributed by atoms with van der Waals surface area (Å²) in [5, 5.41) is 6.93. The number of rotatable bonds is 2. The molecule has 0 saturated carbocycles. The van der Waals surface area contributed by atoms with Crippen molar-refractivity contribution in [2.45, 2.75) is 0 Å². The van der Waals surface area contributed by atoms with Gasteiger partial charge in [-0.1, -0.05) is 11.6 Å². The van der Waals surface area contributed by atoms with Crippen LogP contribution in [0.25, 0.3) is 5.65 Å². The summed E-state index contributed by atoms with van der Waals surface area (Å²) in [5.41, 5.74) is 0.754. The van der Waals surface area contributed by atoms with Crippen molar-refractivity contribution in [3.8, 4) is 0 Å². The number of anilines is 1. The normalized spacial score (nSPS) is 10.7. The molecule has 0 aliphatic heterocycles. The van der Waals surface area contributed by atoms with Gasteiger partial charge in [0, 0.05) is 6.20 Å². The van der Waals surface area contributed by atoms with E-state index >= 15 is 0 Å². The summed E-state index contributed by atoms with van der Waals surface area (Å²) in [6.07, 6.45) is 4.29. The van der Waals surface area contributed by atoms with Crippen LogP contribution in [0.2, 0.25) is 5.15 Å². The van der Waals surface area contributed by atoms with Crippen LogP contribution in [0.1, 0.15) is 10.5 Å². The number of halogens is 2. The first-order valence-corrected chi connectivity index (χ1v) is 6.59. The molecule has 0 aliphatic carbocycles. The monoisotopic (exact) mass is 352 g/mol. The summed E-state index contributed by atoms with van der Waals surface area (Å²) in [7, 11) is 0. The highest BCUT2D eigenvalue weighted by molar-refractivity contribution is 9.10. The zero-order chi connectivity index (χ0) is 14.1. The van der Waals surface area contributed by atoms with Crippen LogP contribution in [0.3, 0.4) is 0 Å². The van der Waals surface area contributed by atoms with E-state index in [0.29, 0.717) is 15.9 Å². The van der Waals surface area contributed by atoms with Crippen LogP contribution >= 0.6 is 27.5 Å². The van der Waals surface area contributed by atoms with Crippen molar-refractivity contribution < 1.29 is 4.79 Å². The predicted molar refractivity (Wildman–Crippen MR) is 75.7 cm³/mol. The average molecular weight is 354 g/mol. The SMILES string of the molecule is O=C(Nc1ccncn1)c1cnc2c(Br)cc(Cl)nn12. The largest absolute Gasteiger partial charge is 0.305 e. The molecule has 0 saturated heterocycles. The van der Waals surface area contributed by atoms with Gasteiger partial charge in [-0.05, 0) is 28.1 Å². The van der Waals surface area contributed by atoms with Gasteiger partial charge >= 0.3 is 0 Å². The standard InChI is InChI=1S/C11H6BrClN6O/c12-6-3-8(13)18-19-7(4-15-10(6)19)11(20)17-9-1-2-14-5-16-9/h1-5H,(H,14,16,17,20). The third-order valence-electron chi connectivity index (χ3n) is 2.45. The molecule has 0 radical (unpaired) electrons. The molecule has 100 valence electrons. The fraction of sp³-hybridized carbons (Fsp3) is 0. The number of nitrogens with zero attached hydrogens (tertiary/aromatic N) is 5. The Hall–Kier alpha value is -2.06. The van der Waals surface area contributed by atoms with Crippen LogP contribution in [-0.2, 0) is 0 Å². The van der Waals surface area contributed by atoms with Crippen molar-refractivity contribution in [1.29, 1.82) is 0 Å². The van der Waals surface area contributed by atoms with E-state index in [1.54, 1.807) is 12.1 Å². The first kappa shape index (κ1) is 12.9. The van der Waals surface area contributed by atoms with Gasteiger partial charge in [-0.3, -0.25) is 4.79 Å². The molecule has 9 heteroatoms. The number of nitrogens with one attached hydrogen (secondary N) is 1. The lowest BCUT2D eigenvalue weighted by Gasteiger charge is -2.03. The van der Waals surface area contributed by atoms with Crippen LogP contribution < -0.4 is 5.32 Å². The van der Waals surface area contributed by atoms with Crippen molar-refractivity contribution in [2.75, 3.05) is 5.32 Å². The Labute approximate surface area is 126 Å². The van der Waals surface area contributed by atoms with Gasteiger partial charge in [0.2, 0.25) is 0 Å². The van der Waals surface area contributed by atoms with Crippen LogP contribution in [0.4, 0.5) is 5.82 Å². The van der Waals surface area contributed by atoms with E-state index in [1.807, 2.05) is 0 Å². The molecule has 0 fully saturated rings. The smallest absolute Gasteiger partial charge is 0.277 e. The number of imidazole rings is 1. The minimum absolute atomic E-state index is 0.249. The third kappa shape index (κ3) is 2.35. The van der Waals surface area contributed by atoms with Gasteiger partial charge in [0.1, 0.15) is 12.1 Å².